The number of piperidine rings is 1. The molecule has 1 aliphatic carbocycles. The molecular weight excluding hydrogens is 326 g/mol. The van der Waals surface area contributed by atoms with Gasteiger partial charge in [0, 0.05) is 31.6 Å². The molecule has 2 bridgehead atoms. The summed E-state index contributed by atoms with van der Waals surface area (Å²) < 4.78 is 0. The molecule has 3 rings (SSSR count). The third kappa shape index (κ3) is 5.09. The number of hydrogen-bond donors (Lipinski definition) is 2. The van der Waals surface area contributed by atoms with Gasteiger partial charge in [0.2, 0.25) is 11.8 Å². The molecule has 0 radical (unpaired) electrons. The van der Waals surface area contributed by atoms with Crippen LogP contribution in [0.25, 0.3) is 0 Å². The monoisotopic (exact) mass is 357 g/mol. The van der Waals surface area contributed by atoms with Gasteiger partial charge in [0.05, 0.1) is 6.54 Å². The zero-order valence-electron chi connectivity index (χ0n) is 14.8. The molecule has 0 spiro atoms. The van der Waals surface area contributed by atoms with Gasteiger partial charge in [0.15, 0.2) is 0 Å². The summed E-state index contributed by atoms with van der Waals surface area (Å²) in [5, 5.41) is 6.44. The minimum absolute atomic E-state index is 0. The summed E-state index contributed by atoms with van der Waals surface area (Å²) >= 11 is 0. The van der Waals surface area contributed by atoms with Crippen LogP contribution in [0.2, 0.25) is 0 Å². The lowest BCUT2D eigenvalue weighted by Crippen LogP contribution is -2.50. The maximum Gasteiger partial charge on any atom is 0.241 e. The second-order valence-electron chi connectivity index (χ2n) is 7.75. The lowest BCUT2D eigenvalue weighted by Gasteiger charge is -2.35. The van der Waals surface area contributed by atoms with Crippen molar-refractivity contribution in [3.8, 4) is 0 Å². The van der Waals surface area contributed by atoms with Crippen molar-refractivity contribution < 1.29 is 9.59 Å². The Kier molecular flexibility index (Phi) is 7.35. The molecule has 2 amide bonds. The number of fused-ring (bicyclic) bond motifs is 2. The Bertz CT molecular complexity index is 428. The first-order valence-corrected chi connectivity index (χ1v) is 9.40. The number of nitrogens with zero attached hydrogens (tertiary/aromatic N) is 1. The fraction of sp³-hybridized carbons (Fsp3) is 0.889. The molecule has 3 aliphatic rings. The van der Waals surface area contributed by atoms with E-state index in [1.165, 1.54) is 44.9 Å². The number of hydrogen-bond acceptors (Lipinski definition) is 3. The van der Waals surface area contributed by atoms with Gasteiger partial charge in [0.1, 0.15) is 0 Å². The topological polar surface area (TPSA) is 61.4 Å². The Morgan fingerprint density at radius 1 is 1.04 bits per heavy atom. The smallest absolute Gasteiger partial charge is 0.241 e. The predicted octanol–water partition coefficient (Wildman–Crippen LogP) is 2.24. The first-order chi connectivity index (χ1) is 11.1. The molecule has 138 valence electrons. The van der Waals surface area contributed by atoms with Crippen LogP contribution in [-0.2, 0) is 9.59 Å². The van der Waals surface area contributed by atoms with E-state index < -0.39 is 0 Å². The highest BCUT2D eigenvalue weighted by Gasteiger charge is 2.36. The number of halogens is 1. The zero-order valence-corrected chi connectivity index (χ0v) is 15.6. The van der Waals surface area contributed by atoms with Gasteiger partial charge in [-0.2, -0.15) is 0 Å². The molecule has 0 aromatic carbocycles. The van der Waals surface area contributed by atoms with Crippen molar-refractivity contribution >= 4 is 24.2 Å². The number of likely N-dealkylation sites (N-methyl/N-ethyl adjacent to an activating group) is 1. The first-order valence-electron chi connectivity index (χ1n) is 9.40. The summed E-state index contributed by atoms with van der Waals surface area (Å²) in [7, 11) is 1.89. The Hall–Kier alpha value is -0.810. The van der Waals surface area contributed by atoms with Crippen LogP contribution in [0.4, 0.5) is 0 Å². The van der Waals surface area contributed by atoms with Crippen molar-refractivity contribution in [2.24, 2.45) is 5.92 Å². The van der Waals surface area contributed by atoms with Gasteiger partial charge in [0.25, 0.3) is 0 Å². The summed E-state index contributed by atoms with van der Waals surface area (Å²) in [4.78, 5) is 26.3. The highest BCUT2D eigenvalue weighted by Crippen LogP contribution is 2.29. The van der Waals surface area contributed by atoms with Crippen LogP contribution in [-0.4, -0.2) is 48.4 Å². The molecule has 1 saturated carbocycles. The SMILES string of the molecule is CN(C(=O)CNC(=O)CC1CCCCC1)C1CC2CCC(C1)N2.Cl. The average molecular weight is 358 g/mol. The highest BCUT2D eigenvalue weighted by atomic mass is 35.5. The van der Waals surface area contributed by atoms with Crippen molar-refractivity contribution in [1.82, 2.24) is 15.5 Å². The van der Waals surface area contributed by atoms with Crippen LogP contribution in [0.3, 0.4) is 0 Å². The van der Waals surface area contributed by atoms with Gasteiger partial charge in [-0.15, -0.1) is 12.4 Å². The Morgan fingerprint density at radius 3 is 2.29 bits per heavy atom. The van der Waals surface area contributed by atoms with Crippen molar-refractivity contribution in [2.45, 2.75) is 82.3 Å². The molecule has 2 N–H and O–H groups in total. The normalized spacial score (nSPS) is 29.6. The molecule has 2 atom stereocenters. The lowest BCUT2D eigenvalue weighted by molar-refractivity contribution is -0.134. The Morgan fingerprint density at radius 2 is 1.67 bits per heavy atom. The van der Waals surface area contributed by atoms with Gasteiger partial charge < -0.3 is 15.5 Å². The van der Waals surface area contributed by atoms with E-state index in [-0.39, 0.29) is 30.8 Å². The molecular formula is C18H32ClN3O2. The Balaban J connectivity index is 0.00000208. The fourth-order valence-electron chi connectivity index (χ4n) is 4.57. The second kappa shape index (κ2) is 9.04. The summed E-state index contributed by atoms with van der Waals surface area (Å²) in [5.74, 6) is 0.619. The molecule has 2 heterocycles. The molecule has 5 nitrogen and oxygen atoms in total. The van der Waals surface area contributed by atoms with Crippen LogP contribution in [0.1, 0.15) is 64.2 Å². The molecule has 24 heavy (non-hydrogen) atoms. The van der Waals surface area contributed by atoms with E-state index in [0.717, 1.165) is 12.8 Å². The van der Waals surface area contributed by atoms with Crippen LogP contribution in [0.15, 0.2) is 0 Å². The summed E-state index contributed by atoms with van der Waals surface area (Å²) in [6.45, 7) is 0.154. The first kappa shape index (κ1) is 19.5. The fourth-order valence-corrected chi connectivity index (χ4v) is 4.57. The van der Waals surface area contributed by atoms with Crippen molar-refractivity contribution in [1.29, 1.82) is 0 Å². The van der Waals surface area contributed by atoms with Crippen molar-refractivity contribution in [3.63, 3.8) is 0 Å². The van der Waals surface area contributed by atoms with Crippen LogP contribution < -0.4 is 10.6 Å². The maximum absolute atomic E-state index is 12.4. The third-order valence-electron chi connectivity index (χ3n) is 6.02. The van der Waals surface area contributed by atoms with Gasteiger partial charge in [-0.1, -0.05) is 19.3 Å². The van der Waals surface area contributed by atoms with Gasteiger partial charge in [-0.3, -0.25) is 9.59 Å². The number of carbonyl (C=O) groups excluding carboxylic acids is 2. The van der Waals surface area contributed by atoms with E-state index in [1.54, 1.807) is 0 Å². The van der Waals surface area contributed by atoms with E-state index in [0.29, 0.717) is 30.5 Å². The summed E-state index contributed by atoms with van der Waals surface area (Å²) in [6.07, 6.45) is 11.3. The summed E-state index contributed by atoms with van der Waals surface area (Å²) in [6, 6.07) is 1.49. The lowest BCUT2D eigenvalue weighted by atomic mass is 9.87. The molecule has 6 heteroatoms. The third-order valence-corrected chi connectivity index (χ3v) is 6.02. The van der Waals surface area contributed by atoms with Crippen molar-refractivity contribution in [3.05, 3.63) is 0 Å². The van der Waals surface area contributed by atoms with E-state index >= 15 is 0 Å². The van der Waals surface area contributed by atoms with Gasteiger partial charge in [-0.05, 0) is 44.4 Å². The minimum Gasteiger partial charge on any atom is -0.347 e. The largest absolute Gasteiger partial charge is 0.347 e. The van der Waals surface area contributed by atoms with Crippen LogP contribution in [0.5, 0.6) is 0 Å². The molecule has 3 fully saturated rings. The minimum atomic E-state index is 0. The number of amides is 2. The summed E-state index contributed by atoms with van der Waals surface area (Å²) in [5.41, 5.74) is 0. The van der Waals surface area contributed by atoms with Crippen LogP contribution >= 0.6 is 12.4 Å². The van der Waals surface area contributed by atoms with E-state index in [9.17, 15) is 9.59 Å². The average Bonchev–Trinajstić information content (AvgIpc) is 2.91. The van der Waals surface area contributed by atoms with E-state index in [2.05, 4.69) is 10.6 Å². The van der Waals surface area contributed by atoms with Crippen LogP contribution in [0, 0.1) is 5.92 Å². The molecule has 2 aliphatic heterocycles. The van der Waals surface area contributed by atoms with E-state index in [1.807, 2.05) is 11.9 Å². The second-order valence-corrected chi connectivity index (χ2v) is 7.75. The van der Waals surface area contributed by atoms with E-state index in [4.69, 9.17) is 0 Å². The standard InChI is InChI=1S/C18H31N3O2.ClH/c1-21(16-10-14-7-8-15(11-16)20-14)18(23)12-19-17(22)9-13-5-3-2-4-6-13;/h13-16,20H,2-12H2,1H3,(H,19,22);1H. The number of nitrogens with one attached hydrogen (secondary N) is 2. The highest BCUT2D eigenvalue weighted by molar-refractivity contribution is 5.85. The zero-order chi connectivity index (χ0) is 16.2. The molecule has 2 unspecified atom stereocenters. The molecule has 0 aromatic heterocycles. The van der Waals surface area contributed by atoms with Crippen molar-refractivity contribution in [2.75, 3.05) is 13.6 Å². The van der Waals surface area contributed by atoms with Gasteiger partial charge >= 0.3 is 0 Å². The number of rotatable bonds is 5. The van der Waals surface area contributed by atoms with Gasteiger partial charge in [-0.25, -0.2) is 0 Å². The molecule has 2 saturated heterocycles. The quantitative estimate of drug-likeness (QED) is 0.793. The maximum atomic E-state index is 12.4. The Labute approximate surface area is 151 Å². The molecule has 0 aromatic rings. The number of carbonyl (C=O) groups is 2. The predicted molar refractivity (Wildman–Crippen MR) is 97.2 cm³/mol.